The number of carboxylic acids is 1. The summed E-state index contributed by atoms with van der Waals surface area (Å²) in [6.45, 7) is 0.616. The van der Waals surface area contributed by atoms with E-state index in [4.69, 9.17) is 9.47 Å². The minimum atomic E-state index is -1.47. The van der Waals surface area contributed by atoms with Crippen LogP contribution in [0.5, 0.6) is 5.75 Å². The van der Waals surface area contributed by atoms with Crippen molar-refractivity contribution in [2.45, 2.75) is 37.6 Å². The quantitative estimate of drug-likeness (QED) is 0.445. The molecule has 2 rings (SSSR count). The molecule has 1 saturated heterocycles. The summed E-state index contributed by atoms with van der Waals surface area (Å²) >= 11 is 0. The van der Waals surface area contributed by atoms with Crippen LogP contribution in [0.3, 0.4) is 0 Å². The molecular formula is C15H19NO8. The van der Waals surface area contributed by atoms with Gasteiger partial charge >= 0.3 is 5.97 Å². The second kappa shape index (κ2) is 7.58. The average molecular weight is 341 g/mol. The van der Waals surface area contributed by atoms with Gasteiger partial charge in [0.15, 0.2) is 0 Å². The predicted octanol–water partition coefficient (Wildman–Crippen LogP) is -1.29. The number of carbonyl (C=O) groups is 2. The molecule has 0 saturated carbocycles. The lowest BCUT2D eigenvalue weighted by Crippen LogP contribution is -2.65. The van der Waals surface area contributed by atoms with Crippen molar-refractivity contribution in [3.05, 3.63) is 29.8 Å². The third-order valence-corrected chi connectivity index (χ3v) is 3.61. The van der Waals surface area contributed by atoms with Gasteiger partial charge in [-0.25, -0.2) is 4.79 Å². The maximum atomic E-state index is 11.3. The second-order valence-corrected chi connectivity index (χ2v) is 5.35. The zero-order valence-electron chi connectivity index (χ0n) is 12.8. The van der Waals surface area contributed by atoms with Crippen LogP contribution in [-0.4, -0.2) is 69.6 Å². The molecule has 5 atom stereocenters. The minimum Gasteiger partial charge on any atom is -0.478 e. The summed E-state index contributed by atoms with van der Waals surface area (Å²) in [7, 11) is 0. The van der Waals surface area contributed by atoms with Crippen molar-refractivity contribution in [3.63, 3.8) is 0 Å². The van der Waals surface area contributed by atoms with E-state index in [1.807, 2.05) is 0 Å². The number of ether oxygens (including phenoxy) is 2. The molecule has 1 amide bonds. The van der Waals surface area contributed by atoms with E-state index in [1.165, 1.54) is 25.1 Å². The van der Waals surface area contributed by atoms with Crippen LogP contribution in [0.1, 0.15) is 17.3 Å². The molecule has 24 heavy (non-hydrogen) atoms. The fraction of sp³-hybridized carbons (Fsp3) is 0.467. The van der Waals surface area contributed by atoms with Crippen molar-refractivity contribution in [2.24, 2.45) is 0 Å². The number of aliphatic hydroxyl groups is 3. The number of nitrogens with one attached hydrogen (secondary N) is 1. The van der Waals surface area contributed by atoms with Crippen molar-refractivity contribution in [3.8, 4) is 5.75 Å². The smallest absolute Gasteiger partial charge is 0.339 e. The van der Waals surface area contributed by atoms with E-state index in [1.54, 1.807) is 6.07 Å². The molecule has 9 nitrogen and oxygen atoms in total. The number of rotatable bonds is 5. The van der Waals surface area contributed by atoms with Crippen LogP contribution in [0.2, 0.25) is 0 Å². The van der Waals surface area contributed by atoms with E-state index in [0.29, 0.717) is 0 Å². The monoisotopic (exact) mass is 341 g/mol. The van der Waals surface area contributed by atoms with Gasteiger partial charge in [0.2, 0.25) is 12.2 Å². The molecule has 9 heteroatoms. The third kappa shape index (κ3) is 3.82. The first-order chi connectivity index (χ1) is 11.3. The lowest BCUT2D eigenvalue weighted by Gasteiger charge is -2.42. The second-order valence-electron chi connectivity index (χ2n) is 5.35. The Hall–Kier alpha value is -2.20. The molecule has 1 heterocycles. The molecule has 1 aromatic carbocycles. The van der Waals surface area contributed by atoms with Crippen LogP contribution in [-0.2, 0) is 9.53 Å². The third-order valence-electron chi connectivity index (χ3n) is 3.61. The Morgan fingerprint density at radius 1 is 1.25 bits per heavy atom. The molecule has 0 aromatic heterocycles. The number of hydrogen-bond acceptors (Lipinski definition) is 7. The molecule has 1 aromatic rings. The van der Waals surface area contributed by atoms with Gasteiger partial charge in [0, 0.05) is 6.92 Å². The van der Waals surface area contributed by atoms with Gasteiger partial charge in [-0.1, -0.05) is 12.1 Å². The summed E-state index contributed by atoms with van der Waals surface area (Å²) < 4.78 is 10.9. The van der Waals surface area contributed by atoms with E-state index in [-0.39, 0.29) is 11.3 Å². The molecule has 1 fully saturated rings. The topological polar surface area (TPSA) is 146 Å². The first-order valence-corrected chi connectivity index (χ1v) is 7.23. The molecule has 0 radical (unpaired) electrons. The Balaban J connectivity index is 2.30. The highest BCUT2D eigenvalue weighted by atomic mass is 16.7. The zero-order valence-corrected chi connectivity index (χ0v) is 12.8. The molecule has 0 unspecified atom stereocenters. The van der Waals surface area contributed by atoms with Gasteiger partial charge in [-0.3, -0.25) is 4.79 Å². The predicted molar refractivity (Wildman–Crippen MR) is 79.4 cm³/mol. The SMILES string of the molecule is CC(=O)N[C@H]1[C@@H](Oc2ccccc2C(=O)O)O[C@@H](CO)[C@@H](O)[C@H]1O. The highest BCUT2D eigenvalue weighted by Gasteiger charge is 2.46. The summed E-state index contributed by atoms with van der Waals surface area (Å²) in [6.07, 6.45) is -5.36. The molecule has 5 N–H and O–H groups in total. The lowest BCUT2D eigenvalue weighted by atomic mass is 9.97. The lowest BCUT2D eigenvalue weighted by molar-refractivity contribution is -0.244. The molecule has 0 aliphatic carbocycles. The van der Waals surface area contributed by atoms with Crippen molar-refractivity contribution in [1.82, 2.24) is 5.32 Å². The maximum absolute atomic E-state index is 11.3. The number of carbonyl (C=O) groups excluding carboxylic acids is 1. The summed E-state index contributed by atoms with van der Waals surface area (Å²) in [5, 5.41) is 40.9. The molecule has 1 aliphatic rings. The van der Waals surface area contributed by atoms with Crippen LogP contribution in [0.25, 0.3) is 0 Å². The standard InChI is InChI=1S/C15H19NO8/c1-7(18)16-11-13(20)12(19)10(6-17)24-15(11)23-9-5-3-2-4-8(9)14(21)22/h2-5,10-13,15,17,19-20H,6H2,1H3,(H,16,18)(H,21,22)/t10-,11+,12+,13-,15-/m0/s1. The summed E-state index contributed by atoms with van der Waals surface area (Å²) in [5.41, 5.74) is -0.135. The van der Waals surface area contributed by atoms with Gasteiger partial charge in [-0.15, -0.1) is 0 Å². The van der Waals surface area contributed by atoms with E-state index in [0.717, 1.165) is 0 Å². The van der Waals surface area contributed by atoms with Crippen molar-refractivity contribution in [2.75, 3.05) is 6.61 Å². The number of aliphatic hydroxyl groups excluding tert-OH is 3. The van der Waals surface area contributed by atoms with Crippen molar-refractivity contribution < 1.29 is 39.5 Å². The van der Waals surface area contributed by atoms with Gasteiger partial charge in [0.05, 0.1) is 6.61 Å². The number of amides is 1. The summed E-state index contributed by atoms with van der Waals surface area (Å²) in [4.78, 5) is 22.6. The highest BCUT2D eigenvalue weighted by Crippen LogP contribution is 2.26. The molecule has 1 aliphatic heterocycles. The van der Waals surface area contributed by atoms with Crippen LogP contribution in [0.15, 0.2) is 24.3 Å². The van der Waals surface area contributed by atoms with Crippen molar-refractivity contribution >= 4 is 11.9 Å². The number of hydrogen-bond donors (Lipinski definition) is 5. The Labute approximate surface area is 137 Å². The number of carboxylic acid groups (broad SMARTS) is 1. The van der Waals surface area contributed by atoms with E-state index in [9.17, 15) is 30.0 Å². The van der Waals surface area contributed by atoms with Gasteiger partial charge < -0.3 is 35.2 Å². The van der Waals surface area contributed by atoms with Gasteiger partial charge in [-0.05, 0) is 12.1 Å². The average Bonchev–Trinajstić information content (AvgIpc) is 2.54. The van der Waals surface area contributed by atoms with Crippen molar-refractivity contribution in [1.29, 1.82) is 0 Å². The number of para-hydroxylation sites is 1. The minimum absolute atomic E-state index is 0.0365. The summed E-state index contributed by atoms with van der Waals surface area (Å²) in [5.74, 6) is -1.76. The molecule has 0 spiro atoms. The zero-order chi connectivity index (χ0) is 17.9. The van der Waals surface area contributed by atoms with E-state index >= 15 is 0 Å². The first-order valence-electron chi connectivity index (χ1n) is 7.23. The Kier molecular flexibility index (Phi) is 5.73. The maximum Gasteiger partial charge on any atom is 0.339 e. The molecular weight excluding hydrogens is 322 g/mol. The van der Waals surface area contributed by atoms with E-state index < -0.39 is 49.1 Å². The van der Waals surface area contributed by atoms with Crippen LogP contribution < -0.4 is 10.1 Å². The van der Waals surface area contributed by atoms with Crippen LogP contribution in [0, 0.1) is 0 Å². The normalized spacial score (nSPS) is 29.8. The highest BCUT2D eigenvalue weighted by molar-refractivity contribution is 5.90. The Morgan fingerprint density at radius 3 is 2.50 bits per heavy atom. The molecule has 0 bridgehead atoms. The number of benzene rings is 1. The Morgan fingerprint density at radius 2 is 1.92 bits per heavy atom. The van der Waals surface area contributed by atoms with Gasteiger partial charge in [0.25, 0.3) is 0 Å². The largest absolute Gasteiger partial charge is 0.478 e. The van der Waals surface area contributed by atoms with Gasteiger partial charge in [-0.2, -0.15) is 0 Å². The first kappa shape index (κ1) is 18.1. The van der Waals surface area contributed by atoms with Crippen LogP contribution >= 0.6 is 0 Å². The fourth-order valence-electron chi connectivity index (χ4n) is 2.44. The summed E-state index contributed by atoms with van der Waals surface area (Å²) in [6, 6.07) is 4.62. The van der Waals surface area contributed by atoms with Crippen LogP contribution in [0.4, 0.5) is 0 Å². The van der Waals surface area contributed by atoms with E-state index in [2.05, 4.69) is 5.32 Å². The fourth-order valence-corrected chi connectivity index (χ4v) is 2.44. The molecule has 132 valence electrons. The Bertz CT molecular complexity index is 607. The number of aromatic carboxylic acids is 1. The van der Waals surface area contributed by atoms with Gasteiger partial charge in [0.1, 0.15) is 35.7 Å².